The first kappa shape index (κ1) is 24.4. The molecule has 0 spiro atoms. The molecule has 0 amide bonds. The van der Waals surface area contributed by atoms with Crippen molar-refractivity contribution in [2.24, 2.45) is 0 Å². The molecule has 1 N–H and O–H groups in total. The van der Waals surface area contributed by atoms with E-state index in [-0.39, 0.29) is 27.7 Å². The van der Waals surface area contributed by atoms with Crippen LogP contribution < -0.4 is 15.1 Å². The monoisotopic (exact) mass is 503 g/mol. The molecule has 1 aliphatic rings. The van der Waals surface area contributed by atoms with Crippen LogP contribution in [0.3, 0.4) is 0 Å². The average molecular weight is 504 g/mol. The van der Waals surface area contributed by atoms with Gasteiger partial charge in [0, 0.05) is 17.0 Å². The molecule has 0 unspecified atom stereocenters. The maximum absolute atomic E-state index is 13.0. The average Bonchev–Trinajstić information content (AvgIpc) is 2.80. The molecule has 4 rings (SSSR count). The molecular weight excluding hydrogens is 478 g/mol. The van der Waals surface area contributed by atoms with Crippen molar-refractivity contribution >= 4 is 38.6 Å². The first-order valence-electron chi connectivity index (χ1n) is 11.3. The van der Waals surface area contributed by atoms with Crippen LogP contribution in [0.5, 0.6) is 5.75 Å². The van der Waals surface area contributed by atoms with E-state index in [2.05, 4.69) is 4.72 Å². The van der Waals surface area contributed by atoms with Crippen LogP contribution in [0.25, 0.3) is 11.0 Å². The second kappa shape index (κ2) is 9.90. The van der Waals surface area contributed by atoms with Gasteiger partial charge in [-0.2, -0.15) is 4.72 Å². The lowest BCUT2D eigenvalue weighted by Gasteiger charge is -2.19. The number of ether oxygens (including phenoxy) is 1. The van der Waals surface area contributed by atoms with E-state index < -0.39 is 27.7 Å². The highest BCUT2D eigenvalue weighted by Crippen LogP contribution is 2.34. The number of carbonyl (C=O) groups excluding carboxylic acids is 1. The summed E-state index contributed by atoms with van der Waals surface area (Å²) >= 11 is 6.42. The number of hydrogen-bond donors (Lipinski definition) is 1. The fraction of sp³-hybridized carbons (Fsp3) is 0.360. The van der Waals surface area contributed by atoms with E-state index in [1.54, 1.807) is 18.2 Å². The zero-order valence-corrected chi connectivity index (χ0v) is 20.6. The van der Waals surface area contributed by atoms with Crippen molar-refractivity contribution in [2.45, 2.75) is 63.3 Å². The third-order valence-corrected chi connectivity index (χ3v) is 7.76. The number of rotatable bonds is 7. The van der Waals surface area contributed by atoms with Gasteiger partial charge in [0.05, 0.1) is 9.92 Å². The first-order valence-corrected chi connectivity index (χ1v) is 13.1. The van der Waals surface area contributed by atoms with Crippen LogP contribution in [0.15, 0.2) is 50.5 Å². The molecule has 2 aromatic carbocycles. The molecule has 0 radical (unpaired) electrons. The predicted octanol–water partition coefficient (Wildman–Crippen LogP) is 4.69. The maximum Gasteiger partial charge on any atom is 0.339 e. The van der Waals surface area contributed by atoms with Gasteiger partial charge in [0.15, 0.2) is 5.75 Å². The molecule has 0 bridgehead atoms. The maximum atomic E-state index is 13.0. The van der Waals surface area contributed by atoms with E-state index >= 15 is 0 Å². The SMILES string of the molecule is CCC[C@H](NS(=O)(=O)c1ccc(C)cc1)C(=O)Oc1cc2oc(=O)c3c(c2cc1Cl)CCCC3. The van der Waals surface area contributed by atoms with E-state index in [1.807, 2.05) is 13.8 Å². The van der Waals surface area contributed by atoms with Gasteiger partial charge in [0.25, 0.3) is 0 Å². The van der Waals surface area contributed by atoms with Crippen molar-refractivity contribution in [3.8, 4) is 5.75 Å². The lowest BCUT2D eigenvalue weighted by atomic mass is 9.91. The van der Waals surface area contributed by atoms with Gasteiger partial charge in [-0.15, -0.1) is 0 Å². The fourth-order valence-corrected chi connectivity index (χ4v) is 5.61. The zero-order chi connectivity index (χ0) is 24.5. The van der Waals surface area contributed by atoms with Crippen LogP contribution in [-0.4, -0.2) is 20.4 Å². The molecule has 1 atom stereocenters. The predicted molar refractivity (Wildman–Crippen MR) is 130 cm³/mol. The summed E-state index contributed by atoms with van der Waals surface area (Å²) in [6, 6.07) is 8.27. The molecule has 1 aromatic heterocycles. The Kier molecular flexibility index (Phi) is 7.12. The smallest absolute Gasteiger partial charge is 0.339 e. The van der Waals surface area contributed by atoms with Gasteiger partial charge >= 0.3 is 11.6 Å². The molecule has 0 saturated carbocycles. The summed E-state index contributed by atoms with van der Waals surface area (Å²) in [6.07, 6.45) is 4.11. The third-order valence-electron chi connectivity index (χ3n) is 5.98. The molecule has 0 aliphatic heterocycles. The van der Waals surface area contributed by atoms with Gasteiger partial charge in [-0.05, 0) is 62.8 Å². The van der Waals surface area contributed by atoms with Gasteiger partial charge in [-0.25, -0.2) is 18.0 Å². The minimum Gasteiger partial charge on any atom is -0.424 e. The second-order valence-electron chi connectivity index (χ2n) is 8.53. The number of esters is 1. The molecule has 34 heavy (non-hydrogen) atoms. The quantitative estimate of drug-likeness (QED) is 0.285. The lowest BCUT2D eigenvalue weighted by Crippen LogP contribution is -2.42. The molecular formula is C25H26ClNO6S. The van der Waals surface area contributed by atoms with E-state index in [0.29, 0.717) is 18.4 Å². The number of halogens is 1. The van der Waals surface area contributed by atoms with Crippen LogP contribution in [0.4, 0.5) is 0 Å². The highest BCUT2D eigenvalue weighted by molar-refractivity contribution is 7.89. The van der Waals surface area contributed by atoms with Crippen molar-refractivity contribution < 1.29 is 22.4 Å². The Morgan fingerprint density at radius 2 is 1.82 bits per heavy atom. The van der Waals surface area contributed by atoms with Gasteiger partial charge in [0.1, 0.15) is 11.6 Å². The Morgan fingerprint density at radius 3 is 2.50 bits per heavy atom. The molecule has 7 nitrogen and oxygen atoms in total. The Bertz CT molecular complexity index is 1400. The number of fused-ring (bicyclic) bond motifs is 3. The fourth-order valence-electron chi connectivity index (χ4n) is 4.19. The number of sulfonamides is 1. The van der Waals surface area contributed by atoms with Gasteiger partial charge in [-0.1, -0.05) is 42.6 Å². The molecule has 1 heterocycles. The summed E-state index contributed by atoms with van der Waals surface area (Å²) in [5.74, 6) is -0.784. The topological polar surface area (TPSA) is 103 Å². The minimum absolute atomic E-state index is 0.00807. The third kappa shape index (κ3) is 5.04. The number of carbonyl (C=O) groups is 1. The summed E-state index contributed by atoms with van der Waals surface area (Å²) in [7, 11) is -3.94. The van der Waals surface area contributed by atoms with Crippen molar-refractivity contribution in [1.82, 2.24) is 4.72 Å². The largest absolute Gasteiger partial charge is 0.424 e. The van der Waals surface area contributed by atoms with Gasteiger partial charge < -0.3 is 9.15 Å². The minimum atomic E-state index is -3.94. The van der Waals surface area contributed by atoms with Gasteiger partial charge in [0.2, 0.25) is 10.0 Å². The van der Waals surface area contributed by atoms with Crippen molar-refractivity contribution in [2.75, 3.05) is 0 Å². The first-order chi connectivity index (χ1) is 16.2. The van der Waals surface area contributed by atoms with E-state index in [0.717, 1.165) is 35.8 Å². The standard InChI is InChI=1S/C25H26ClNO6S/c1-3-6-21(27-34(30,31)16-11-9-15(2)10-12-16)25(29)33-23-14-22-19(13-20(23)26)17-7-4-5-8-18(17)24(28)32-22/h9-14,21,27H,3-8H2,1-2H3/t21-/m0/s1. The van der Waals surface area contributed by atoms with E-state index in [4.69, 9.17) is 20.8 Å². The second-order valence-corrected chi connectivity index (χ2v) is 10.7. The highest BCUT2D eigenvalue weighted by atomic mass is 35.5. The van der Waals surface area contributed by atoms with Crippen molar-refractivity contribution in [1.29, 1.82) is 0 Å². The normalized spacial score (nSPS) is 14.6. The summed E-state index contributed by atoms with van der Waals surface area (Å²) in [5, 5.41) is 0.906. The zero-order valence-electron chi connectivity index (χ0n) is 19.0. The molecule has 3 aromatic rings. The summed E-state index contributed by atoms with van der Waals surface area (Å²) in [5.41, 5.74) is 2.41. The number of benzene rings is 2. The Balaban J connectivity index is 1.61. The number of nitrogens with one attached hydrogen (secondary N) is 1. The van der Waals surface area contributed by atoms with Crippen LogP contribution in [-0.2, 0) is 27.7 Å². The van der Waals surface area contributed by atoms with Crippen molar-refractivity contribution in [3.63, 3.8) is 0 Å². The number of hydrogen-bond acceptors (Lipinski definition) is 6. The summed E-state index contributed by atoms with van der Waals surface area (Å²) in [6.45, 7) is 3.69. The molecule has 180 valence electrons. The lowest BCUT2D eigenvalue weighted by molar-refractivity contribution is -0.136. The Morgan fingerprint density at radius 1 is 1.15 bits per heavy atom. The van der Waals surface area contributed by atoms with Crippen molar-refractivity contribution in [3.05, 3.63) is 68.5 Å². The van der Waals surface area contributed by atoms with Crippen LogP contribution >= 0.6 is 11.6 Å². The van der Waals surface area contributed by atoms with E-state index in [9.17, 15) is 18.0 Å². The Hall–Kier alpha value is -2.68. The molecule has 9 heteroatoms. The molecule has 0 saturated heterocycles. The van der Waals surface area contributed by atoms with Crippen LogP contribution in [0.1, 0.15) is 49.3 Å². The molecule has 0 fully saturated rings. The highest BCUT2D eigenvalue weighted by Gasteiger charge is 2.28. The van der Waals surface area contributed by atoms with Gasteiger partial charge in [-0.3, -0.25) is 0 Å². The Labute approximate surface area is 203 Å². The summed E-state index contributed by atoms with van der Waals surface area (Å²) in [4.78, 5) is 25.4. The summed E-state index contributed by atoms with van der Waals surface area (Å²) < 4.78 is 39.0. The van der Waals surface area contributed by atoms with E-state index in [1.165, 1.54) is 18.2 Å². The van der Waals surface area contributed by atoms with Crippen LogP contribution in [0, 0.1) is 6.92 Å². The van der Waals surface area contributed by atoms with Crippen LogP contribution in [0.2, 0.25) is 5.02 Å². The number of aryl methyl sites for hydroxylation is 2. The molecule has 1 aliphatic carbocycles.